The summed E-state index contributed by atoms with van der Waals surface area (Å²) in [4.78, 5) is 55.3. The lowest BCUT2D eigenvalue weighted by atomic mass is 9.77. The van der Waals surface area contributed by atoms with Gasteiger partial charge in [0.25, 0.3) is 11.8 Å². The molecule has 1 aliphatic carbocycles. The van der Waals surface area contributed by atoms with Gasteiger partial charge in [0, 0.05) is 12.1 Å². The van der Waals surface area contributed by atoms with E-state index >= 15 is 0 Å². The molecule has 2 aromatic rings. The Morgan fingerprint density at radius 1 is 0.949 bits per heavy atom. The van der Waals surface area contributed by atoms with E-state index in [1.807, 2.05) is 6.07 Å². The van der Waals surface area contributed by atoms with Crippen LogP contribution in [0.4, 0.5) is 0 Å². The summed E-state index contributed by atoms with van der Waals surface area (Å²) in [6.07, 6.45) is 4.73. The first-order valence-corrected chi connectivity index (χ1v) is 13.9. The van der Waals surface area contributed by atoms with E-state index in [1.165, 1.54) is 19.1 Å². The average Bonchev–Trinajstić information content (AvgIpc) is 3.22. The Morgan fingerprint density at radius 2 is 1.56 bits per heavy atom. The van der Waals surface area contributed by atoms with Crippen molar-refractivity contribution in [1.29, 1.82) is 0 Å². The molecule has 1 saturated carbocycles. The number of aliphatic carboxylic acids is 1. The van der Waals surface area contributed by atoms with Crippen LogP contribution in [0.1, 0.15) is 63.6 Å². The summed E-state index contributed by atoms with van der Waals surface area (Å²) in [5.74, 6) is -2.55. The fourth-order valence-electron chi connectivity index (χ4n) is 6.09. The summed E-state index contributed by atoms with van der Waals surface area (Å²) in [7, 11) is 3.04. The molecule has 3 unspecified atom stereocenters. The molecule has 3 atom stereocenters. The summed E-state index contributed by atoms with van der Waals surface area (Å²) in [5, 5.41) is 9.82. The highest BCUT2D eigenvalue weighted by atomic mass is 32.1. The van der Waals surface area contributed by atoms with Crippen molar-refractivity contribution in [3.8, 4) is 11.5 Å². The van der Waals surface area contributed by atoms with Gasteiger partial charge in [0.05, 0.1) is 49.8 Å². The smallest absolute Gasteiger partial charge is 0.307 e. The number of carboxylic acid groups (broad SMARTS) is 1. The fraction of sp³-hybridized carbons (Fsp3) is 0.448. The van der Waals surface area contributed by atoms with Gasteiger partial charge in [-0.3, -0.25) is 24.1 Å². The summed E-state index contributed by atoms with van der Waals surface area (Å²) in [5.41, 5.74) is 2.27. The Hall–Kier alpha value is -3.53. The molecule has 0 bridgehead atoms. The van der Waals surface area contributed by atoms with Crippen molar-refractivity contribution in [3.05, 3.63) is 58.7 Å². The van der Waals surface area contributed by atoms with E-state index < -0.39 is 35.7 Å². The number of carbonyl (C=O) groups excluding carboxylic acids is 3. The maximum atomic E-state index is 14.0. The molecule has 0 aromatic heterocycles. The third-order valence-corrected chi connectivity index (χ3v) is 7.92. The van der Waals surface area contributed by atoms with Gasteiger partial charge in [0.1, 0.15) is 0 Å². The van der Waals surface area contributed by atoms with Crippen LogP contribution < -0.4 is 9.47 Å². The molecule has 0 spiro atoms. The van der Waals surface area contributed by atoms with Gasteiger partial charge in [0.15, 0.2) is 11.5 Å². The number of nitrogens with zero attached hydrogens (tertiary/aromatic N) is 2. The average molecular weight is 555 g/mol. The maximum Gasteiger partial charge on any atom is 0.307 e. The Labute approximate surface area is 233 Å². The lowest BCUT2D eigenvalue weighted by molar-refractivity contribution is -0.153. The summed E-state index contributed by atoms with van der Waals surface area (Å²) in [6.45, 7) is 0.275. The molecule has 3 aliphatic rings. The predicted molar refractivity (Wildman–Crippen MR) is 148 cm³/mol. The number of hydrogen-bond donors (Lipinski definition) is 2. The van der Waals surface area contributed by atoms with Crippen LogP contribution in [0.5, 0.6) is 11.5 Å². The van der Waals surface area contributed by atoms with E-state index in [1.54, 1.807) is 41.5 Å². The lowest BCUT2D eigenvalue weighted by Gasteiger charge is -2.42. The summed E-state index contributed by atoms with van der Waals surface area (Å²) < 4.78 is 11.3. The minimum atomic E-state index is -0.966. The second-order valence-electron chi connectivity index (χ2n) is 9.77. The zero-order valence-corrected chi connectivity index (χ0v) is 23.3. The second-order valence-corrected chi connectivity index (χ2v) is 9.77. The molecule has 10 heteroatoms. The highest BCUT2D eigenvalue weighted by Crippen LogP contribution is 2.44. The van der Waals surface area contributed by atoms with Crippen molar-refractivity contribution in [2.24, 2.45) is 11.8 Å². The topological polar surface area (TPSA) is 113 Å². The van der Waals surface area contributed by atoms with Crippen molar-refractivity contribution in [3.63, 3.8) is 0 Å². The molecule has 39 heavy (non-hydrogen) atoms. The minimum absolute atomic E-state index is 0.0704. The monoisotopic (exact) mass is 554 g/mol. The van der Waals surface area contributed by atoms with Gasteiger partial charge < -0.3 is 19.5 Å². The Morgan fingerprint density at radius 3 is 2.13 bits per heavy atom. The zero-order valence-electron chi connectivity index (χ0n) is 22.4. The molecule has 2 aliphatic heterocycles. The first-order chi connectivity index (χ1) is 18.9. The number of benzene rings is 2. The van der Waals surface area contributed by atoms with Crippen molar-refractivity contribution >= 4 is 36.3 Å². The van der Waals surface area contributed by atoms with Crippen LogP contribution in [-0.2, 0) is 16.0 Å². The van der Waals surface area contributed by atoms with Crippen LogP contribution in [0, 0.1) is 11.8 Å². The number of carboxylic acids is 1. The standard InChI is InChI=1S/C28H30N2O7.CH4S/c1-36-22-12-11-16-13-14-29(25(31)19-9-5-6-10-20(19)28(34)35)21(23(16)24(22)37-2)15-30-26(32)17-7-3-4-8-18(17)27(30)33;1-2/h3-4,7-8,11-12,19-21H,5-6,9-10,13-15H2,1-2H3,(H,34,35);2H,1H3. The maximum absolute atomic E-state index is 14.0. The lowest BCUT2D eigenvalue weighted by Crippen LogP contribution is -2.50. The Balaban J connectivity index is 0.00000172. The highest BCUT2D eigenvalue weighted by Gasteiger charge is 2.45. The molecule has 2 heterocycles. The van der Waals surface area contributed by atoms with Gasteiger partial charge >= 0.3 is 5.97 Å². The number of rotatable bonds is 6. The quantitative estimate of drug-likeness (QED) is 0.412. The van der Waals surface area contributed by atoms with Crippen molar-refractivity contribution in [1.82, 2.24) is 9.80 Å². The van der Waals surface area contributed by atoms with Crippen molar-refractivity contribution < 1.29 is 33.8 Å². The van der Waals surface area contributed by atoms with Gasteiger partial charge in [-0.15, -0.1) is 0 Å². The van der Waals surface area contributed by atoms with E-state index in [9.17, 15) is 24.3 Å². The van der Waals surface area contributed by atoms with Crippen molar-refractivity contribution in [2.45, 2.75) is 38.1 Å². The van der Waals surface area contributed by atoms with E-state index in [4.69, 9.17) is 9.47 Å². The molecule has 3 amide bonds. The fourth-order valence-corrected chi connectivity index (χ4v) is 6.09. The summed E-state index contributed by atoms with van der Waals surface area (Å²) in [6, 6.07) is 9.67. The predicted octanol–water partition coefficient (Wildman–Crippen LogP) is 3.86. The van der Waals surface area contributed by atoms with Gasteiger partial charge in [-0.05, 0) is 49.3 Å². The molecule has 0 saturated heterocycles. The van der Waals surface area contributed by atoms with E-state index in [-0.39, 0.29) is 12.5 Å². The van der Waals surface area contributed by atoms with Crippen LogP contribution in [0.2, 0.25) is 0 Å². The summed E-state index contributed by atoms with van der Waals surface area (Å²) >= 11 is 3.53. The Kier molecular flexibility index (Phi) is 8.84. The molecule has 0 radical (unpaired) electrons. The number of carbonyl (C=O) groups is 4. The molecule has 5 rings (SSSR count). The van der Waals surface area contributed by atoms with Crippen LogP contribution in [0.3, 0.4) is 0 Å². The van der Waals surface area contributed by atoms with E-state index in [0.29, 0.717) is 54.0 Å². The third-order valence-electron chi connectivity index (χ3n) is 7.92. The first kappa shape index (κ1) is 28.5. The normalized spacial score (nSPS) is 21.9. The number of amides is 3. The van der Waals surface area contributed by atoms with Crippen LogP contribution in [-0.4, -0.2) is 72.2 Å². The third kappa shape index (κ3) is 5.09. The number of hydrogen-bond acceptors (Lipinski definition) is 7. The molecule has 208 valence electrons. The molecule has 1 N–H and O–H groups in total. The van der Waals surface area contributed by atoms with E-state index in [2.05, 4.69) is 12.6 Å². The number of thiol groups is 1. The number of ether oxygens (including phenoxy) is 2. The van der Waals surface area contributed by atoms with Crippen molar-refractivity contribution in [2.75, 3.05) is 33.6 Å². The van der Waals surface area contributed by atoms with Crippen LogP contribution >= 0.6 is 12.6 Å². The minimum Gasteiger partial charge on any atom is -0.493 e. The van der Waals surface area contributed by atoms with Crippen LogP contribution in [0.25, 0.3) is 0 Å². The second kappa shape index (κ2) is 12.1. The molecule has 2 aromatic carbocycles. The van der Waals surface area contributed by atoms with Gasteiger partial charge in [0.2, 0.25) is 5.91 Å². The SMILES string of the molecule is COc1ccc2c(c1OC)C(CN1C(=O)c3ccccc3C1=O)N(C(=O)C1CCCCC1C(=O)O)CC2.CS. The molecular formula is C29H34N2O7S. The number of fused-ring (bicyclic) bond motifs is 2. The largest absolute Gasteiger partial charge is 0.493 e. The van der Waals surface area contributed by atoms with Gasteiger partial charge in [-0.25, -0.2) is 0 Å². The van der Waals surface area contributed by atoms with Gasteiger partial charge in [-0.1, -0.05) is 31.0 Å². The highest BCUT2D eigenvalue weighted by molar-refractivity contribution is 7.79. The first-order valence-electron chi connectivity index (χ1n) is 13.0. The van der Waals surface area contributed by atoms with Gasteiger partial charge in [-0.2, -0.15) is 12.6 Å². The van der Waals surface area contributed by atoms with E-state index in [0.717, 1.165) is 18.4 Å². The zero-order chi connectivity index (χ0) is 28.3. The number of imide groups is 1. The Bertz CT molecular complexity index is 1250. The number of methoxy groups -OCH3 is 2. The van der Waals surface area contributed by atoms with Crippen LogP contribution in [0.15, 0.2) is 36.4 Å². The molecule has 9 nitrogen and oxygen atoms in total. The molecule has 1 fully saturated rings. The molecular weight excluding hydrogens is 520 g/mol.